The predicted octanol–water partition coefficient (Wildman–Crippen LogP) is 2.60. The van der Waals surface area contributed by atoms with Gasteiger partial charge in [0.15, 0.2) is 0 Å². The Labute approximate surface area is 81.8 Å². The van der Waals surface area contributed by atoms with Gasteiger partial charge in [-0.15, -0.1) is 11.8 Å². The molecule has 0 aliphatic carbocycles. The molecule has 1 atom stereocenters. The molecule has 1 aromatic carbocycles. The first-order valence-corrected chi connectivity index (χ1v) is 5.28. The molecule has 0 saturated heterocycles. The van der Waals surface area contributed by atoms with E-state index in [0.29, 0.717) is 0 Å². The van der Waals surface area contributed by atoms with E-state index < -0.39 is 0 Å². The van der Waals surface area contributed by atoms with E-state index in [1.54, 1.807) is 11.8 Å². The van der Waals surface area contributed by atoms with Gasteiger partial charge in [0.05, 0.1) is 5.25 Å². The highest BCUT2D eigenvalue weighted by atomic mass is 32.2. The number of hydrogen-bond acceptors (Lipinski definition) is 2. The van der Waals surface area contributed by atoms with Crippen molar-refractivity contribution in [1.29, 1.82) is 0 Å². The summed E-state index contributed by atoms with van der Waals surface area (Å²) in [6, 6.07) is 10.2. The summed E-state index contributed by atoms with van der Waals surface area (Å²) < 4.78 is 0. The molecule has 66 valence electrons. The van der Waals surface area contributed by atoms with Crippen molar-refractivity contribution >= 4 is 18.0 Å². The third kappa shape index (κ3) is 1.68. The largest absolute Gasteiger partial charge is 0.298 e. The number of rotatable bonds is 2. The monoisotopic (exact) mass is 190 g/mol. The third-order valence-electron chi connectivity index (χ3n) is 2.12. The number of aldehydes is 1. The molecule has 13 heavy (non-hydrogen) atoms. The second-order valence-corrected chi connectivity index (χ2v) is 4.08. The molecule has 0 N–H and O–H groups in total. The van der Waals surface area contributed by atoms with E-state index in [4.69, 9.17) is 0 Å². The molecule has 1 aliphatic rings. The average Bonchev–Trinajstić information content (AvgIpc) is 2.67. The van der Waals surface area contributed by atoms with Gasteiger partial charge in [0.2, 0.25) is 0 Å². The van der Waals surface area contributed by atoms with Crippen molar-refractivity contribution in [2.45, 2.75) is 5.25 Å². The van der Waals surface area contributed by atoms with Crippen molar-refractivity contribution < 1.29 is 4.79 Å². The smallest absolute Gasteiger partial charge is 0.147 e. The topological polar surface area (TPSA) is 17.1 Å². The zero-order chi connectivity index (χ0) is 9.10. The maximum absolute atomic E-state index is 10.7. The van der Waals surface area contributed by atoms with Crippen LogP contribution in [0.4, 0.5) is 0 Å². The van der Waals surface area contributed by atoms with Gasteiger partial charge in [0.1, 0.15) is 6.29 Å². The lowest BCUT2D eigenvalue weighted by molar-refractivity contribution is -0.105. The van der Waals surface area contributed by atoms with E-state index in [1.807, 2.05) is 24.3 Å². The number of thioether (sulfide) groups is 1. The number of benzene rings is 1. The minimum Gasteiger partial charge on any atom is -0.298 e. The maximum atomic E-state index is 10.7. The molecule has 0 bridgehead atoms. The van der Waals surface area contributed by atoms with Crippen LogP contribution in [0.2, 0.25) is 0 Å². The van der Waals surface area contributed by atoms with Gasteiger partial charge in [-0.3, -0.25) is 4.79 Å². The standard InChI is InChI=1S/C11H10OS/c12-8-10-6-7-13-11(10)9-4-2-1-3-5-9/h1-6,8,11H,7H2/t11-/m1/s1. The fraction of sp³-hybridized carbons (Fsp3) is 0.182. The van der Waals surface area contributed by atoms with Crippen LogP contribution in [0.5, 0.6) is 0 Å². The quantitative estimate of drug-likeness (QED) is 0.667. The van der Waals surface area contributed by atoms with Gasteiger partial charge < -0.3 is 0 Å². The van der Waals surface area contributed by atoms with Crippen LogP contribution < -0.4 is 0 Å². The first kappa shape index (κ1) is 8.57. The Morgan fingerprint density at radius 3 is 2.77 bits per heavy atom. The maximum Gasteiger partial charge on any atom is 0.147 e. The van der Waals surface area contributed by atoms with E-state index in [-0.39, 0.29) is 5.25 Å². The molecule has 0 unspecified atom stereocenters. The van der Waals surface area contributed by atoms with Crippen LogP contribution >= 0.6 is 11.8 Å². The van der Waals surface area contributed by atoms with Crippen LogP contribution in [0.15, 0.2) is 42.0 Å². The minimum atomic E-state index is 0.263. The molecule has 0 radical (unpaired) electrons. The van der Waals surface area contributed by atoms with Gasteiger partial charge in [-0.2, -0.15) is 0 Å². The Bertz CT molecular complexity index is 329. The van der Waals surface area contributed by atoms with Crippen LogP contribution in [-0.4, -0.2) is 12.0 Å². The van der Waals surface area contributed by atoms with Crippen LogP contribution in [0.25, 0.3) is 0 Å². The van der Waals surface area contributed by atoms with Crippen molar-refractivity contribution in [2.75, 3.05) is 5.75 Å². The Hall–Kier alpha value is -1.02. The molecule has 0 aromatic heterocycles. The average molecular weight is 190 g/mol. The predicted molar refractivity (Wildman–Crippen MR) is 55.8 cm³/mol. The zero-order valence-corrected chi connectivity index (χ0v) is 7.96. The lowest BCUT2D eigenvalue weighted by Crippen LogP contribution is -1.94. The molecule has 0 fully saturated rings. The van der Waals surface area contributed by atoms with Crippen molar-refractivity contribution in [1.82, 2.24) is 0 Å². The van der Waals surface area contributed by atoms with Gasteiger partial charge in [0, 0.05) is 11.3 Å². The molecule has 1 aromatic rings. The lowest BCUT2D eigenvalue weighted by atomic mass is 10.1. The van der Waals surface area contributed by atoms with Gasteiger partial charge in [-0.1, -0.05) is 36.4 Å². The Morgan fingerprint density at radius 1 is 1.31 bits per heavy atom. The summed E-state index contributed by atoms with van der Waals surface area (Å²) in [6.45, 7) is 0. The van der Waals surface area contributed by atoms with Crippen LogP contribution in [-0.2, 0) is 4.79 Å². The van der Waals surface area contributed by atoms with Crippen LogP contribution in [0, 0.1) is 0 Å². The molecule has 0 amide bonds. The molecule has 1 aliphatic heterocycles. The first-order chi connectivity index (χ1) is 6.42. The van der Waals surface area contributed by atoms with Gasteiger partial charge >= 0.3 is 0 Å². The molecular weight excluding hydrogens is 180 g/mol. The number of hydrogen-bond donors (Lipinski definition) is 0. The summed E-state index contributed by atoms with van der Waals surface area (Å²) in [4.78, 5) is 10.7. The fourth-order valence-electron chi connectivity index (χ4n) is 1.47. The van der Waals surface area contributed by atoms with Crippen LogP contribution in [0.1, 0.15) is 10.8 Å². The Balaban J connectivity index is 2.28. The Morgan fingerprint density at radius 2 is 2.08 bits per heavy atom. The van der Waals surface area contributed by atoms with Gasteiger partial charge in [-0.05, 0) is 5.56 Å². The summed E-state index contributed by atoms with van der Waals surface area (Å²) in [5.41, 5.74) is 2.14. The van der Waals surface area contributed by atoms with Gasteiger partial charge in [0.25, 0.3) is 0 Å². The molecule has 2 rings (SSSR count). The van der Waals surface area contributed by atoms with Crippen molar-refractivity contribution in [3.63, 3.8) is 0 Å². The van der Waals surface area contributed by atoms with Crippen molar-refractivity contribution in [2.24, 2.45) is 0 Å². The molecule has 0 spiro atoms. The van der Waals surface area contributed by atoms with Crippen molar-refractivity contribution in [3.05, 3.63) is 47.5 Å². The van der Waals surface area contributed by atoms with E-state index >= 15 is 0 Å². The van der Waals surface area contributed by atoms with Crippen molar-refractivity contribution in [3.8, 4) is 0 Å². The molecule has 2 heteroatoms. The SMILES string of the molecule is O=CC1=CCS[C@@H]1c1ccccc1. The highest BCUT2D eigenvalue weighted by molar-refractivity contribution is 8.00. The highest BCUT2D eigenvalue weighted by Gasteiger charge is 2.20. The third-order valence-corrected chi connectivity index (χ3v) is 3.36. The van der Waals surface area contributed by atoms with E-state index in [2.05, 4.69) is 12.1 Å². The summed E-state index contributed by atoms with van der Waals surface area (Å²) in [6.07, 6.45) is 2.98. The Kier molecular flexibility index (Phi) is 2.50. The lowest BCUT2D eigenvalue weighted by Gasteiger charge is -2.09. The summed E-state index contributed by atoms with van der Waals surface area (Å²) in [7, 11) is 0. The number of carbonyl (C=O) groups is 1. The summed E-state index contributed by atoms with van der Waals surface area (Å²) in [5.74, 6) is 0.952. The van der Waals surface area contributed by atoms with E-state index in [1.165, 1.54) is 5.56 Å². The van der Waals surface area contributed by atoms with Gasteiger partial charge in [-0.25, -0.2) is 0 Å². The highest BCUT2D eigenvalue weighted by Crippen LogP contribution is 2.39. The van der Waals surface area contributed by atoms with E-state index in [9.17, 15) is 4.79 Å². The normalized spacial score (nSPS) is 21.2. The molecule has 1 nitrogen and oxygen atoms in total. The fourth-order valence-corrected chi connectivity index (χ4v) is 2.65. The molecular formula is C11H10OS. The minimum absolute atomic E-state index is 0.263. The van der Waals surface area contributed by atoms with Crippen LogP contribution in [0.3, 0.4) is 0 Å². The summed E-state index contributed by atoms with van der Waals surface area (Å²) >= 11 is 1.80. The molecule has 0 saturated carbocycles. The first-order valence-electron chi connectivity index (χ1n) is 4.23. The second kappa shape index (κ2) is 3.79. The summed E-state index contributed by atoms with van der Waals surface area (Å²) in [5, 5.41) is 0.263. The van der Waals surface area contributed by atoms with E-state index in [0.717, 1.165) is 17.6 Å². The second-order valence-electron chi connectivity index (χ2n) is 2.95. The molecule has 1 heterocycles. The number of carbonyl (C=O) groups excluding carboxylic acids is 1. The zero-order valence-electron chi connectivity index (χ0n) is 7.14.